The highest BCUT2D eigenvalue weighted by Gasteiger charge is 2.18. The van der Waals surface area contributed by atoms with Crippen LogP contribution in [-0.4, -0.2) is 14.8 Å². The molecule has 1 aliphatic rings. The smallest absolute Gasteiger partial charge is 0.0643 e. The van der Waals surface area contributed by atoms with Crippen molar-refractivity contribution in [3.8, 4) is 0 Å². The lowest BCUT2D eigenvalue weighted by atomic mass is 10.0. The van der Waals surface area contributed by atoms with Crippen molar-refractivity contribution in [2.45, 2.75) is 51.1 Å². The van der Waals surface area contributed by atoms with E-state index < -0.39 is 0 Å². The minimum absolute atomic E-state index is 0.0105. The Morgan fingerprint density at radius 2 is 2.15 bits per heavy atom. The van der Waals surface area contributed by atoms with Crippen LogP contribution < -0.4 is 5.73 Å². The lowest BCUT2D eigenvalue weighted by molar-refractivity contribution is 0.461. The summed E-state index contributed by atoms with van der Waals surface area (Å²) in [5.41, 5.74) is 9.50. The minimum atomic E-state index is -0.0105. The van der Waals surface area contributed by atoms with Gasteiger partial charge in [0.25, 0.3) is 0 Å². The molecule has 0 amide bonds. The molecule has 0 bridgehead atoms. The van der Waals surface area contributed by atoms with Gasteiger partial charge >= 0.3 is 0 Å². The molecule has 3 rings (SSSR count). The molecule has 20 heavy (non-hydrogen) atoms. The van der Waals surface area contributed by atoms with Crippen molar-refractivity contribution < 1.29 is 0 Å². The number of hydrogen-bond donors (Lipinski definition) is 1. The van der Waals surface area contributed by atoms with Gasteiger partial charge in [-0.3, -0.25) is 9.67 Å². The Kier molecular flexibility index (Phi) is 3.83. The largest absolute Gasteiger partial charge is 0.324 e. The zero-order chi connectivity index (χ0) is 13.9. The van der Waals surface area contributed by atoms with Crippen LogP contribution in [0, 0.1) is 6.92 Å². The predicted octanol–water partition coefficient (Wildman–Crippen LogP) is 2.94. The molecule has 4 heteroatoms. The number of aryl methyl sites for hydroxylation is 1. The standard InChI is InChI=1S/C16H22N4/c1-12-10-13(6-8-18-12)16(17)11-14-7-9-20(19-14)15-4-2-3-5-15/h6-10,15-16H,2-5,11,17H2,1H3. The van der Waals surface area contributed by atoms with E-state index >= 15 is 0 Å². The van der Waals surface area contributed by atoms with Crippen LogP contribution in [0.5, 0.6) is 0 Å². The first kappa shape index (κ1) is 13.3. The Bertz CT molecular complexity index is 569. The summed E-state index contributed by atoms with van der Waals surface area (Å²) >= 11 is 0. The maximum atomic E-state index is 6.28. The van der Waals surface area contributed by atoms with Crippen LogP contribution >= 0.6 is 0 Å². The quantitative estimate of drug-likeness (QED) is 0.929. The molecule has 2 heterocycles. The van der Waals surface area contributed by atoms with Crippen molar-refractivity contribution in [2.75, 3.05) is 0 Å². The number of pyridine rings is 1. The minimum Gasteiger partial charge on any atom is -0.324 e. The average Bonchev–Trinajstić information content (AvgIpc) is 3.08. The fraction of sp³-hybridized carbons (Fsp3) is 0.500. The number of aromatic nitrogens is 3. The Morgan fingerprint density at radius 1 is 1.35 bits per heavy atom. The lowest BCUT2D eigenvalue weighted by Crippen LogP contribution is -2.14. The zero-order valence-corrected chi connectivity index (χ0v) is 12.0. The molecule has 2 N–H and O–H groups in total. The van der Waals surface area contributed by atoms with Crippen LogP contribution in [0.4, 0.5) is 0 Å². The Morgan fingerprint density at radius 3 is 2.90 bits per heavy atom. The summed E-state index contributed by atoms with van der Waals surface area (Å²) in [6.45, 7) is 1.99. The molecular formula is C16H22N4. The molecule has 0 saturated heterocycles. The van der Waals surface area contributed by atoms with Crippen molar-refractivity contribution in [1.29, 1.82) is 0 Å². The van der Waals surface area contributed by atoms with Crippen LogP contribution in [0.3, 0.4) is 0 Å². The third kappa shape index (κ3) is 2.90. The van der Waals surface area contributed by atoms with Gasteiger partial charge in [0.1, 0.15) is 0 Å². The van der Waals surface area contributed by atoms with E-state index in [-0.39, 0.29) is 6.04 Å². The van der Waals surface area contributed by atoms with Gasteiger partial charge in [0, 0.05) is 30.6 Å². The third-order valence-corrected chi connectivity index (χ3v) is 4.14. The average molecular weight is 270 g/mol. The second-order valence-electron chi connectivity index (χ2n) is 5.77. The molecule has 1 fully saturated rings. The second-order valence-corrected chi connectivity index (χ2v) is 5.77. The first-order valence-electron chi connectivity index (χ1n) is 7.44. The second kappa shape index (κ2) is 5.75. The molecule has 0 radical (unpaired) electrons. The molecule has 1 aliphatic carbocycles. The van der Waals surface area contributed by atoms with Crippen molar-refractivity contribution in [1.82, 2.24) is 14.8 Å². The third-order valence-electron chi connectivity index (χ3n) is 4.14. The molecule has 106 valence electrons. The summed E-state index contributed by atoms with van der Waals surface area (Å²) in [7, 11) is 0. The molecule has 1 atom stereocenters. The number of nitrogens with two attached hydrogens (primary N) is 1. The Labute approximate surface area is 120 Å². The molecule has 0 aromatic carbocycles. The van der Waals surface area contributed by atoms with Crippen LogP contribution in [0.25, 0.3) is 0 Å². The molecule has 4 nitrogen and oxygen atoms in total. The van der Waals surface area contributed by atoms with Crippen molar-refractivity contribution in [3.05, 3.63) is 47.5 Å². The Hall–Kier alpha value is -1.68. The van der Waals surface area contributed by atoms with Crippen LogP contribution in [0.2, 0.25) is 0 Å². The van der Waals surface area contributed by atoms with Gasteiger partial charge in [0.2, 0.25) is 0 Å². The van der Waals surface area contributed by atoms with E-state index in [1.807, 2.05) is 19.2 Å². The number of nitrogens with zero attached hydrogens (tertiary/aromatic N) is 3. The molecule has 2 aromatic heterocycles. The molecular weight excluding hydrogens is 248 g/mol. The van der Waals surface area contributed by atoms with E-state index in [2.05, 4.69) is 28.0 Å². The fourth-order valence-electron chi connectivity index (χ4n) is 3.00. The van der Waals surface area contributed by atoms with Gasteiger partial charge in [-0.1, -0.05) is 12.8 Å². The monoisotopic (exact) mass is 270 g/mol. The maximum absolute atomic E-state index is 6.28. The zero-order valence-electron chi connectivity index (χ0n) is 12.0. The van der Waals surface area contributed by atoms with Gasteiger partial charge in [-0.2, -0.15) is 5.10 Å². The summed E-state index contributed by atoms with van der Waals surface area (Å²) in [5, 5.41) is 4.70. The van der Waals surface area contributed by atoms with E-state index in [4.69, 9.17) is 10.8 Å². The molecule has 2 aromatic rings. The molecule has 1 unspecified atom stereocenters. The summed E-state index contributed by atoms with van der Waals surface area (Å²) in [6, 6.07) is 6.74. The summed E-state index contributed by atoms with van der Waals surface area (Å²) in [6.07, 6.45) is 9.89. The highest BCUT2D eigenvalue weighted by atomic mass is 15.3. The maximum Gasteiger partial charge on any atom is 0.0643 e. The summed E-state index contributed by atoms with van der Waals surface area (Å²) in [4.78, 5) is 4.21. The van der Waals surface area contributed by atoms with Gasteiger partial charge in [-0.05, 0) is 43.5 Å². The van der Waals surface area contributed by atoms with Gasteiger partial charge in [-0.25, -0.2) is 0 Å². The van der Waals surface area contributed by atoms with E-state index in [9.17, 15) is 0 Å². The van der Waals surface area contributed by atoms with E-state index in [0.29, 0.717) is 6.04 Å². The molecule has 0 spiro atoms. The topological polar surface area (TPSA) is 56.7 Å². The van der Waals surface area contributed by atoms with Crippen molar-refractivity contribution in [3.63, 3.8) is 0 Å². The van der Waals surface area contributed by atoms with E-state index in [1.165, 1.54) is 25.7 Å². The van der Waals surface area contributed by atoms with Gasteiger partial charge < -0.3 is 5.73 Å². The SMILES string of the molecule is Cc1cc(C(N)Cc2ccn(C3CCCC3)n2)ccn1. The Balaban J connectivity index is 1.68. The highest BCUT2D eigenvalue weighted by Crippen LogP contribution is 2.29. The van der Waals surface area contributed by atoms with E-state index in [1.54, 1.807) is 0 Å². The highest BCUT2D eigenvalue weighted by molar-refractivity contribution is 5.21. The predicted molar refractivity (Wildman–Crippen MR) is 79.3 cm³/mol. The number of hydrogen-bond acceptors (Lipinski definition) is 3. The van der Waals surface area contributed by atoms with Crippen LogP contribution in [-0.2, 0) is 6.42 Å². The fourth-order valence-corrected chi connectivity index (χ4v) is 3.00. The van der Waals surface area contributed by atoms with Gasteiger partial charge in [-0.15, -0.1) is 0 Å². The van der Waals surface area contributed by atoms with E-state index in [0.717, 1.165) is 23.4 Å². The number of rotatable bonds is 4. The first-order chi connectivity index (χ1) is 9.72. The first-order valence-corrected chi connectivity index (χ1v) is 7.44. The van der Waals surface area contributed by atoms with Crippen LogP contribution in [0.15, 0.2) is 30.6 Å². The summed E-state index contributed by atoms with van der Waals surface area (Å²) < 4.78 is 2.13. The molecule has 1 saturated carbocycles. The van der Waals surface area contributed by atoms with Crippen molar-refractivity contribution in [2.24, 2.45) is 5.73 Å². The lowest BCUT2D eigenvalue weighted by Gasteiger charge is -2.12. The van der Waals surface area contributed by atoms with Gasteiger partial charge in [0.05, 0.1) is 11.7 Å². The normalized spacial score (nSPS) is 17.5. The van der Waals surface area contributed by atoms with Crippen LogP contribution in [0.1, 0.15) is 54.7 Å². The molecule has 0 aliphatic heterocycles. The van der Waals surface area contributed by atoms with Gasteiger partial charge in [0.15, 0.2) is 0 Å². The van der Waals surface area contributed by atoms with Crippen molar-refractivity contribution >= 4 is 0 Å². The summed E-state index contributed by atoms with van der Waals surface area (Å²) in [5.74, 6) is 0.